The lowest BCUT2D eigenvalue weighted by atomic mass is 10.0. The van der Waals surface area contributed by atoms with Crippen LogP contribution in [0, 0.1) is 5.92 Å². The number of nitrogens with two attached hydrogens (primary N) is 2. The third-order valence-electron chi connectivity index (χ3n) is 2.56. The molecule has 7 N–H and O–H groups in total. The summed E-state index contributed by atoms with van der Waals surface area (Å²) in [7, 11) is 0. The van der Waals surface area contributed by atoms with Gasteiger partial charge in [0.1, 0.15) is 6.29 Å². The molecular formula is C11H24N4O3. The molecule has 0 saturated heterocycles. The summed E-state index contributed by atoms with van der Waals surface area (Å²) in [6.07, 6.45) is 0.696. The third kappa shape index (κ3) is 7.33. The van der Waals surface area contributed by atoms with Crippen molar-refractivity contribution in [2.75, 3.05) is 6.54 Å². The van der Waals surface area contributed by atoms with Crippen molar-refractivity contribution in [3.05, 3.63) is 0 Å². The van der Waals surface area contributed by atoms with E-state index in [-0.39, 0.29) is 11.8 Å². The van der Waals surface area contributed by atoms with E-state index in [1.165, 1.54) is 0 Å². The highest BCUT2D eigenvalue weighted by atomic mass is 16.3. The van der Waals surface area contributed by atoms with Crippen molar-refractivity contribution in [2.24, 2.45) is 17.4 Å². The Balaban J connectivity index is 3.96. The average Bonchev–Trinajstić information content (AvgIpc) is 2.31. The first kappa shape index (κ1) is 17.0. The van der Waals surface area contributed by atoms with Gasteiger partial charge in [-0.3, -0.25) is 15.8 Å². The van der Waals surface area contributed by atoms with Crippen LogP contribution < -0.4 is 22.1 Å². The molecule has 0 bridgehead atoms. The van der Waals surface area contributed by atoms with Crippen LogP contribution in [0.1, 0.15) is 26.7 Å². The smallest absolute Gasteiger partial charge is 0.237 e. The van der Waals surface area contributed by atoms with Crippen molar-refractivity contribution in [1.82, 2.24) is 10.6 Å². The summed E-state index contributed by atoms with van der Waals surface area (Å²) >= 11 is 0. The molecule has 1 amide bonds. The molecule has 0 heterocycles. The van der Waals surface area contributed by atoms with Gasteiger partial charge in [0.05, 0.1) is 12.1 Å². The van der Waals surface area contributed by atoms with Gasteiger partial charge in [-0.1, -0.05) is 13.8 Å². The van der Waals surface area contributed by atoms with Crippen LogP contribution in [0.15, 0.2) is 0 Å². The van der Waals surface area contributed by atoms with Crippen molar-refractivity contribution in [1.29, 1.82) is 0 Å². The highest BCUT2D eigenvalue weighted by molar-refractivity contribution is 5.84. The average molecular weight is 260 g/mol. The second-order valence-corrected chi connectivity index (χ2v) is 4.56. The van der Waals surface area contributed by atoms with Crippen LogP contribution in [0.5, 0.6) is 0 Å². The Morgan fingerprint density at radius 3 is 2.44 bits per heavy atom. The molecule has 0 aliphatic carbocycles. The Morgan fingerprint density at radius 1 is 1.39 bits per heavy atom. The Labute approximate surface area is 107 Å². The molecule has 18 heavy (non-hydrogen) atoms. The van der Waals surface area contributed by atoms with Crippen LogP contribution in [0.25, 0.3) is 0 Å². The number of aldehydes is 1. The van der Waals surface area contributed by atoms with Crippen molar-refractivity contribution in [3.63, 3.8) is 0 Å². The van der Waals surface area contributed by atoms with Crippen LogP contribution >= 0.6 is 0 Å². The number of hydrogen-bond donors (Lipinski definition) is 5. The molecule has 0 fully saturated rings. The van der Waals surface area contributed by atoms with E-state index in [9.17, 15) is 9.59 Å². The molecule has 0 aromatic heterocycles. The summed E-state index contributed by atoms with van der Waals surface area (Å²) in [6, 6.07) is -1.17. The number of rotatable bonds is 9. The molecule has 7 heteroatoms. The van der Waals surface area contributed by atoms with Gasteiger partial charge < -0.3 is 21.0 Å². The van der Waals surface area contributed by atoms with Gasteiger partial charge in [-0.15, -0.1) is 0 Å². The van der Waals surface area contributed by atoms with Crippen LogP contribution in [0.4, 0.5) is 0 Å². The van der Waals surface area contributed by atoms with E-state index in [1.54, 1.807) is 0 Å². The molecule has 0 spiro atoms. The minimum absolute atomic E-state index is 0.0198. The monoisotopic (exact) mass is 260 g/mol. The Bertz CT molecular complexity index is 259. The van der Waals surface area contributed by atoms with Gasteiger partial charge in [0.2, 0.25) is 5.91 Å². The molecule has 0 aromatic carbocycles. The maximum absolute atomic E-state index is 11.6. The fourth-order valence-corrected chi connectivity index (χ4v) is 1.33. The van der Waals surface area contributed by atoms with E-state index in [4.69, 9.17) is 16.6 Å². The fourth-order valence-electron chi connectivity index (χ4n) is 1.33. The SMILES string of the molecule is CC(C)C(N)C(=O)NC(C=O)CCCNC(N)O. The van der Waals surface area contributed by atoms with Crippen LogP contribution in [-0.2, 0) is 9.59 Å². The van der Waals surface area contributed by atoms with Crippen molar-refractivity contribution in [2.45, 2.75) is 45.1 Å². The molecule has 3 unspecified atom stereocenters. The lowest BCUT2D eigenvalue weighted by Crippen LogP contribution is -2.48. The fraction of sp³-hybridized carbons (Fsp3) is 0.818. The number of carbonyl (C=O) groups is 2. The Kier molecular flexibility index (Phi) is 8.47. The molecule has 0 radical (unpaired) electrons. The Hall–Kier alpha value is -1.02. The number of carbonyl (C=O) groups excluding carboxylic acids is 2. The maximum atomic E-state index is 11.6. The van der Waals surface area contributed by atoms with Gasteiger partial charge in [0.15, 0.2) is 6.35 Å². The second-order valence-electron chi connectivity index (χ2n) is 4.56. The maximum Gasteiger partial charge on any atom is 0.237 e. The quantitative estimate of drug-likeness (QED) is 0.190. The summed E-state index contributed by atoms with van der Waals surface area (Å²) in [5, 5.41) is 13.9. The summed E-state index contributed by atoms with van der Waals surface area (Å²) in [5.74, 6) is -0.305. The van der Waals surface area contributed by atoms with Gasteiger partial charge in [-0.25, -0.2) is 0 Å². The van der Waals surface area contributed by atoms with Gasteiger partial charge in [-0.05, 0) is 25.3 Å². The molecular weight excluding hydrogens is 236 g/mol. The third-order valence-corrected chi connectivity index (χ3v) is 2.56. The zero-order valence-corrected chi connectivity index (χ0v) is 10.9. The standard InChI is InChI=1S/C11H24N4O3/c1-7(2)9(12)10(17)15-8(6-16)4-3-5-14-11(13)18/h6-9,11,14,18H,3-5,12-13H2,1-2H3,(H,15,17). The molecule has 0 rings (SSSR count). The number of nitrogens with one attached hydrogen (secondary N) is 2. The zero-order chi connectivity index (χ0) is 14.1. The molecule has 0 aromatic rings. The van der Waals surface area contributed by atoms with Gasteiger partial charge >= 0.3 is 0 Å². The summed E-state index contributed by atoms with van der Waals surface area (Å²) in [5.41, 5.74) is 10.8. The predicted molar refractivity (Wildman–Crippen MR) is 68.2 cm³/mol. The zero-order valence-electron chi connectivity index (χ0n) is 10.9. The van der Waals surface area contributed by atoms with E-state index in [2.05, 4.69) is 10.6 Å². The molecule has 106 valence electrons. The lowest BCUT2D eigenvalue weighted by Gasteiger charge is -2.19. The lowest BCUT2D eigenvalue weighted by molar-refractivity contribution is -0.126. The number of amides is 1. The van der Waals surface area contributed by atoms with Crippen molar-refractivity contribution < 1.29 is 14.7 Å². The van der Waals surface area contributed by atoms with Gasteiger partial charge in [-0.2, -0.15) is 0 Å². The summed E-state index contributed by atoms with van der Waals surface area (Å²) in [4.78, 5) is 22.4. The number of aliphatic hydroxyl groups is 1. The van der Waals surface area contributed by atoms with Gasteiger partial charge in [0, 0.05) is 0 Å². The van der Waals surface area contributed by atoms with Crippen LogP contribution in [0.3, 0.4) is 0 Å². The number of aliphatic hydroxyl groups excluding tert-OH is 1. The highest BCUT2D eigenvalue weighted by Gasteiger charge is 2.20. The number of hydrogen-bond acceptors (Lipinski definition) is 6. The minimum atomic E-state index is -1.07. The van der Waals surface area contributed by atoms with E-state index < -0.39 is 18.4 Å². The first-order chi connectivity index (χ1) is 8.38. The van der Waals surface area contributed by atoms with Gasteiger partial charge in [0.25, 0.3) is 0 Å². The predicted octanol–water partition coefficient (Wildman–Crippen LogP) is -1.74. The summed E-state index contributed by atoms with van der Waals surface area (Å²) < 4.78 is 0. The van der Waals surface area contributed by atoms with Crippen molar-refractivity contribution in [3.8, 4) is 0 Å². The molecule has 7 nitrogen and oxygen atoms in total. The second kappa shape index (κ2) is 8.98. The molecule has 0 aliphatic heterocycles. The first-order valence-electron chi connectivity index (χ1n) is 6.06. The minimum Gasteiger partial charge on any atom is -0.366 e. The van der Waals surface area contributed by atoms with E-state index in [1.807, 2.05) is 13.8 Å². The highest BCUT2D eigenvalue weighted by Crippen LogP contribution is 2.00. The molecule has 0 saturated carbocycles. The first-order valence-corrected chi connectivity index (χ1v) is 6.06. The van der Waals surface area contributed by atoms with Crippen LogP contribution in [0.2, 0.25) is 0 Å². The topological polar surface area (TPSA) is 130 Å². The molecule has 3 atom stereocenters. The van der Waals surface area contributed by atoms with E-state index >= 15 is 0 Å². The molecule has 0 aliphatic rings. The van der Waals surface area contributed by atoms with E-state index in [0.717, 1.165) is 0 Å². The normalized spacial score (nSPS) is 16.1. The summed E-state index contributed by atoms with van der Waals surface area (Å²) in [6.45, 7) is 4.15. The van der Waals surface area contributed by atoms with Crippen molar-refractivity contribution >= 4 is 12.2 Å². The Morgan fingerprint density at radius 2 is 2.00 bits per heavy atom. The van der Waals surface area contributed by atoms with Crippen LogP contribution in [-0.4, -0.2) is 42.3 Å². The largest absolute Gasteiger partial charge is 0.366 e. The van der Waals surface area contributed by atoms with E-state index in [0.29, 0.717) is 25.7 Å².